The highest BCUT2D eigenvalue weighted by atomic mass is 32.1. The van der Waals surface area contributed by atoms with Crippen LogP contribution in [0, 0.1) is 5.82 Å². The van der Waals surface area contributed by atoms with Crippen LogP contribution >= 0.6 is 11.3 Å². The third-order valence-corrected chi connectivity index (χ3v) is 4.56. The molecular weight excluding hydrogens is 261 g/mol. The van der Waals surface area contributed by atoms with Crippen molar-refractivity contribution in [1.29, 1.82) is 0 Å². The number of nitrogens with two attached hydrogens (primary N) is 1. The average Bonchev–Trinajstić information content (AvgIpc) is 2.90. The minimum atomic E-state index is -0.757. The van der Waals surface area contributed by atoms with Gasteiger partial charge in [0.15, 0.2) is 0 Å². The number of aliphatic hydroxyl groups is 1. The van der Waals surface area contributed by atoms with Crippen LogP contribution in [0.25, 0.3) is 0 Å². The second-order valence-corrected chi connectivity index (χ2v) is 5.67. The number of halogens is 1. The van der Waals surface area contributed by atoms with Gasteiger partial charge in [-0.2, -0.15) is 0 Å². The molecule has 3 N–H and O–H groups in total. The van der Waals surface area contributed by atoms with Crippen LogP contribution in [0.15, 0.2) is 36.4 Å². The maximum atomic E-state index is 13.8. The van der Waals surface area contributed by atoms with Crippen LogP contribution in [0.4, 0.5) is 4.39 Å². The fraction of sp³-hybridized carbons (Fsp3) is 0.333. The first-order valence-electron chi connectivity index (χ1n) is 6.38. The van der Waals surface area contributed by atoms with Gasteiger partial charge >= 0.3 is 0 Å². The van der Waals surface area contributed by atoms with Crippen LogP contribution in [0.1, 0.15) is 34.3 Å². The van der Waals surface area contributed by atoms with Gasteiger partial charge in [-0.3, -0.25) is 0 Å². The number of rotatable bonds is 5. The highest BCUT2D eigenvalue weighted by molar-refractivity contribution is 7.12. The Bertz CT molecular complexity index is 540. The van der Waals surface area contributed by atoms with Crippen molar-refractivity contribution in [3.8, 4) is 0 Å². The van der Waals surface area contributed by atoms with Crippen LogP contribution in [-0.4, -0.2) is 11.7 Å². The molecule has 102 valence electrons. The summed E-state index contributed by atoms with van der Waals surface area (Å²) >= 11 is 1.56. The molecule has 2 atom stereocenters. The Morgan fingerprint density at radius 2 is 2.00 bits per heavy atom. The second kappa shape index (κ2) is 6.28. The summed E-state index contributed by atoms with van der Waals surface area (Å²) in [5.41, 5.74) is 6.21. The van der Waals surface area contributed by atoms with Gasteiger partial charge in [-0.05, 0) is 30.2 Å². The van der Waals surface area contributed by atoms with Crippen molar-refractivity contribution in [1.82, 2.24) is 0 Å². The molecule has 0 saturated carbocycles. The molecule has 2 rings (SSSR count). The van der Waals surface area contributed by atoms with E-state index in [9.17, 15) is 9.50 Å². The smallest absolute Gasteiger partial charge is 0.126 e. The number of benzene rings is 1. The van der Waals surface area contributed by atoms with Crippen molar-refractivity contribution >= 4 is 11.3 Å². The van der Waals surface area contributed by atoms with Crippen LogP contribution in [0.5, 0.6) is 0 Å². The van der Waals surface area contributed by atoms with E-state index in [0.29, 0.717) is 5.56 Å². The molecule has 0 fully saturated rings. The van der Waals surface area contributed by atoms with E-state index in [1.807, 2.05) is 12.1 Å². The zero-order chi connectivity index (χ0) is 13.8. The lowest BCUT2D eigenvalue weighted by Gasteiger charge is -2.21. The maximum Gasteiger partial charge on any atom is 0.126 e. The van der Waals surface area contributed by atoms with E-state index in [-0.39, 0.29) is 12.4 Å². The van der Waals surface area contributed by atoms with Gasteiger partial charge in [-0.25, -0.2) is 4.39 Å². The zero-order valence-corrected chi connectivity index (χ0v) is 11.7. The van der Waals surface area contributed by atoms with Crippen molar-refractivity contribution < 1.29 is 9.50 Å². The van der Waals surface area contributed by atoms with E-state index in [1.54, 1.807) is 29.5 Å². The Labute approximate surface area is 116 Å². The summed E-state index contributed by atoms with van der Waals surface area (Å²) in [6.45, 7) is 2.28. The number of hydrogen-bond acceptors (Lipinski definition) is 3. The van der Waals surface area contributed by atoms with Crippen molar-refractivity contribution in [3.63, 3.8) is 0 Å². The molecular formula is C15H18FNOS. The van der Waals surface area contributed by atoms with Gasteiger partial charge in [0.1, 0.15) is 5.82 Å². The molecule has 0 aliphatic heterocycles. The molecule has 0 spiro atoms. The normalized spacial score (nSPS) is 14.3. The first kappa shape index (κ1) is 14.2. The number of aliphatic hydroxyl groups excluding tert-OH is 1. The van der Waals surface area contributed by atoms with Gasteiger partial charge in [0.2, 0.25) is 0 Å². The molecule has 4 heteroatoms. The molecule has 2 aromatic rings. The quantitative estimate of drug-likeness (QED) is 0.882. The number of thiophene rings is 1. The molecule has 19 heavy (non-hydrogen) atoms. The summed E-state index contributed by atoms with van der Waals surface area (Å²) in [5.74, 6) is -0.728. The lowest BCUT2D eigenvalue weighted by molar-refractivity contribution is 0.149. The molecule has 1 aromatic heterocycles. The van der Waals surface area contributed by atoms with Gasteiger partial charge < -0.3 is 10.8 Å². The molecule has 2 unspecified atom stereocenters. The Morgan fingerprint density at radius 3 is 2.58 bits per heavy atom. The lowest BCUT2D eigenvalue weighted by Crippen LogP contribution is -2.20. The van der Waals surface area contributed by atoms with E-state index < -0.39 is 12.0 Å². The molecule has 0 aliphatic carbocycles. The third-order valence-electron chi connectivity index (χ3n) is 3.26. The second-order valence-electron chi connectivity index (χ2n) is 4.47. The fourth-order valence-electron chi connectivity index (χ4n) is 2.14. The van der Waals surface area contributed by atoms with E-state index in [0.717, 1.165) is 11.3 Å². The molecule has 0 aliphatic rings. The summed E-state index contributed by atoms with van der Waals surface area (Å²) in [6, 6.07) is 10.4. The van der Waals surface area contributed by atoms with Gasteiger partial charge in [0.25, 0.3) is 0 Å². The summed E-state index contributed by atoms with van der Waals surface area (Å²) < 4.78 is 13.8. The largest absolute Gasteiger partial charge is 0.387 e. The standard InChI is InChI=1S/C15H18FNOS/c1-2-10-7-8-14(19-10)15(18)12(9-17)11-5-3-4-6-13(11)16/h3-8,12,15,18H,2,9,17H2,1H3. The lowest BCUT2D eigenvalue weighted by atomic mass is 9.92. The van der Waals surface area contributed by atoms with Crippen molar-refractivity contribution in [2.24, 2.45) is 5.73 Å². The first-order chi connectivity index (χ1) is 9.17. The minimum absolute atomic E-state index is 0.210. The van der Waals surface area contributed by atoms with E-state index in [2.05, 4.69) is 6.92 Å². The monoisotopic (exact) mass is 279 g/mol. The molecule has 2 nitrogen and oxygen atoms in total. The number of aryl methyl sites for hydroxylation is 1. The fourth-order valence-corrected chi connectivity index (χ4v) is 3.15. The Kier molecular flexibility index (Phi) is 4.69. The predicted octanol–water partition coefficient (Wildman–Crippen LogP) is 3.23. The molecule has 0 amide bonds. The Hall–Kier alpha value is -1.23. The van der Waals surface area contributed by atoms with Crippen LogP contribution in [0.3, 0.4) is 0 Å². The van der Waals surface area contributed by atoms with Gasteiger partial charge in [0.05, 0.1) is 6.10 Å². The van der Waals surface area contributed by atoms with Gasteiger partial charge in [0, 0.05) is 22.2 Å². The highest BCUT2D eigenvalue weighted by Crippen LogP contribution is 2.35. The van der Waals surface area contributed by atoms with Crippen molar-refractivity contribution in [2.45, 2.75) is 25.4 Å². The van der Waals surface area contributed by atoms with Crippen LogP contribution in [0.2, 0.25) is 0 Å². The molecule has 0 radical (unpaired) electrons. The first-order valence-corrected chi connectivity index (χ1v) is 7.20. The highest BCUT2D eigenvalue weighted by Gasteiger charge is 2.25. The molecule has 1 heterocycles. The number of hydrogen-bond donors (Lipinski definition) is 2. The van der Waals surface area contributed by atoms with E-state index >= 15 is 0 Å². The molecule has 0 bridgehead atoms. The SMILES string of the molecule is CCc1ccc(C(O)C(CN)c2ccccc2F)s1. The summed E-state index contributed by atoms with van der Waals surface area (Å²) in [6.07, 6.45) is 0.178. The van der Waals surface area contributed by atoms with Crippen LogP contribution < -0.4 is 5.73 Å². The third kappa shape index (κ3) is 3.03. The van der Waals surface area contributed by atoms with Crippen LogP contribution in [-0.2, 0) is 6.42 Å². The van der Waals surface area contributed by atoms with Gasteiger partial charge in [-0.1, -0.05) is 25.1 Å². The maximum absolute atomic E-state index is 13.8. The average molecular weight is 279 g/mol. The minimum Gasteiger partial charge on any atom is -0.387 e. The summed E-state index contributed by atoms with van der Waals surface area (Å²) in [7, 11) is 0. The van der Waals surface area contributed by atoms with Gasteiger partial charge in [-0.15, -0.1) is 11.3 Å². The zero-order valence-electron chi connectivity index (χ0n) is 10.8. The Morgan fingerprint density at radius 1 is 1.26 bits per heavy atom. The van der Waals surface area contributed by atoms with E-state index in [1.165, 1.54) is 10.9 Å². The summed E-state index contributed by atoms with van der Waals surface area (Å²) in [4.78, 5) is 2.05. The summed E-state index contributed by atoms with van der Waals surface area (Å²) in [5, 5.41) is 10.4. The predicted molar refractivity (Wildman–Crippen MR) is 76.9 cm³/mol. The topological polar surface area (TPSA) is 46.2 Å². The molecule has 1 aromatic carbocycles. The Balaban J connectivity index is 2.29. The molecule has 0 saturated heterocycles. The van der Waals surface area contributed by atoms with Crippen molar-refractivity contribution in [3.05, 3.63) is 57.5 Å². The van der Waals surface area contributed by atoms with E-state index in [4.69, 9.17) is 5.73 Å². The van der Waals surface area contributed by atoms with Crippen molar-refractivity contribution in [2.75, 3.05) is 6.54 Å².